The monoisotopic (exact) mass is 340 g/mol. The number of amides is 1. The summed E-state index contributed by atoms with van der Waals surface area (Å²) in [7, 11) is 0. The number of likely N-dealkylation sites (tertiary alicyclic amines) is 1. The van der Waals surface area contributed by atoms with E-state index in [2.05, 4.69) is 12.1 Å². The lowest BCUT2D eigenvalue weighted by atomic mass is 9.88. The Balaban J connectivity index is 1.57. The molecule has 0 aromatic heterocycles. The van der Waals surface area contributed by atoms with Gasteiger partial charge in [-0.05, 0) is 47.6 Å². The van der Waals surface area contributed by atoms with Crippen LogP contribution >= 0.6 is 0 Å². The largest absolute Gasteiger partial charge is 0.504 e. The van der Waals surface area contributed by atoms with Crippen LogP contribution in [0.25, 0.3) is 0 Å². The molecule has 0 saturated carbocycles. The number of nitrogens with zero attached hydrogens (tertiary/aromatic N) is 1. The van der Waals surface area contributed by atoms with Crippen molar-refractivity contribution in [2.45, 2.75) is 31.7 Å². The number of hydrogen-bond donors (Lipinski definition) is 3. The molecular weight excluding hydrogens is 316 g/mol. The molecule has 3 rings (SSSR count). The molecule has 2 aromatic rings. The van der Waals surface area contributed by atoms with Crippen LogP contribution in [0.1, 0.15) is 35.4 Å². The summed E-state index contributed by atoms with van der Waals surface area (Å²) in [4.78, 5) is 14.4. The zero-order valence-electron chi connectivity index (χ0n) is 14.2. The molecule has 1 amide bonds. The highest BCUT2D eigenvalue weighted by molar-refractivity contribution is 5.79. The van der Waals surface area contributed by atoms with Gasteiger partial charge in [0.25, 0.3) is 0 Å². The van der Waals surface area contributed by atoms with Gasteiger partial charge in [0.1, 0.15) is 0 Å². The number of phenolic OH excluding ortho intramolecular Hbond substituents is 2. The van der Waals surface area contributed by atoms with Crippen LogP contribution in [0, 0.1) is 0 Å². The molecule has 132 valence electrons. The first-order valence-corrected chi connectivity index (χ1v) is 8.64. The first kappa shape index (κ1) is 17.3. The Morgan fingerprint density at radius 2 is 1.80 bits per heavy atom. The van der Waals surface area contributed by atoms with Gasteiger partial charge in [0, 0.05) is 19.6 Å². The van der Waals surface area contributed by atoms with Crippen molar-refractivity contribution in [1.29, 1.82) is 0 Å². The Kier molecular flexibility index (Phi) is 5.24. The fraction of sp³-hybridized carbons (Fsp3) is 0.350. The molecule has 5 nitrogen and oxygen atoms in total. The summed E-state index contributed by atoms with van der Waals surface area (Å²) in [5, 5.41) is 18.9. The highest BCUT2D eigenvalue weighted by atomic mass is 16.3. The van der Waals surface area contributed by atoms with Crippen LogP contribution in [-0.4, -0.2) is 34.1 Å². The Morgan fingerprint density at radius 3 is 2.48 bits per heavy atom. The van der Waals surface area contributed by atoms with E-state index in [4.69, 9.17) is 5.73 Å². The maximum atomic E-state index is 12.5. The van der Waals surface area contributed by atoms with E-state index in [-0.39, 0.29) is 23.8 Å². The minimum absolute atomic E-state index is 0.0549. The third kappa shape index (κ3) is 4.12. The number of phenols is 2. The standard InChI is InChI=1S/C20H24N2O3/c21-13-15-2-1-3-17(10-15)16-6-8-22(9-7-16)20(25)12-14-4-5-18(23)19(24)11-14/h1-5,10-11,16,23-24H,6-9,12-13,21H2. The highest BCUT2D eigenvalue weighted by Gasteiger charge is 2.24. The first-order chi connectivity index (χ1) is 12.1. The van der Waals surface area contributed by atoms with Crippen LogP contribution in [-0.2, 0) is 17.8 Å². The minimum atomic E-state index is -0.191. The number of piperidine rings is 1. The third-order valence-corrected chi connectivity index (χ3v) is 4.90. The lowest BCUT2D eigenvalue weighted by molar-refractivity contribution is -0.131. The summed E-state index contributed by atoms with van der Waals surface area (Å²) in [6, 6.07) is 12.9. The number of carbonyl (C=O) groups excluding carboxylic acids is 1. The molecule has 4 N–H and O–H groups in total. The van der Waals surface area contributed by atoms with Crippen molar-refractivity contribution in [1.82, 2.24) is 4.90 Å². The Bertz CT molecular complexity index is 752. The average Bonchev–Trinajstić information content (AvgIpc) is 2.65. The van der Waals surface area contributed by atoms with E-state index in [0.29, 0.717) is 18.0 Å². The number of rotatable bonds is 4. The fourth-order valence-corrected chi connectivity index (χ4v) is 3.40. The van der Waals surface area contributed by atoms with Crippen LogP contribution in [0.4, 0.5) is 0 Å². The number of hydrogen-bond acceptors (Lipinski definition) is 4. The van der Waals surface area contributed by atoms with E-state index in [1.165, 1.54) is 17.7 Å². The van der Waals surface area contributed by atoms with Crippen molar-refractivity contribution < 1.29 is 15.0 Å². The number of aromatic hydroxyl groups is 2. The smallest absolute Gasteiger partial charge is 0.226 e. The molecule has 2 aromatic carbocycles. The fourth-order valence-electron chi connectivity index (χ4n) is 3.40. The topological polar surface area (TPSA) is 86.8 Å². The predicted molar refractivity (Wildman–Crippen MR) is 96.4 cm³/mol. The molecule has 1 saturated heterocycles. The molecule has 0 aliphatic carbocycles. The van der Waals surface area contributed by atoms with Gasteiger partial charge >= 0.3 is 0 Å². The predicted octanol–water partition coefficient (Wildman–Crippen LogP) is 2.51. The molecule has 1 heterocycles. The molecule has 0 bridgehead atoms. The van der Waals surface area contributed by atoms with Gasteiger partial charge < -0.3 is 20.8 Å². The second kappa shape index (κ2) is 7.57. The average molecular weight is 340 g/mol. The molecular formula is C20H24N2O3. The maximum Gasteiger partial charge on any atom is 0.226 e. The third-order valence-electron chi connectivity index (χ3n) is 4.90. The molecule has 1 aliphatic rings. The lowest BCUT2D eigenvalue weighted by Gasteiger charge is -2.32. The second-order valence-electron chi connectivity index (χ2n) is 6.60. The summed E-state index contributed by atoms with van der Waals surface area (Å²) in [5.74, 6) is 0.160. The van der Waals surface area contributed by atoms with E-state index in [1.807, 2.05) is 17.0 Å². The summed E-state index contributed by atoms with van der Waals surface area (Å²) < 4.78 is 0. The van der Waals surface area contributed by atoms with Crippen molar-refractivity contribution >= 4 is 5.91 Å². The van der Waals surface area contributed by atoms with Crippen molar-refractivity contribution in [2.75, 3.05) is 13.1 Å². The Labute approximate surface area is 147 Å². The molecule has 25 heavy (non-hydrogen) atoms. The summed E-state index contributed by atoms with van der Waals surface area (Å²) in [5.41, 5.74) is 8.87. The van der Waals surface area contributed by atoms with Gasteiger partial charge in [-0.15, -0.1) is 0 Å². The Morgan fingerprint density at radius 1 is 1.04 bits per heavy atom. The van der Waals surface area contributed by atoms with Crippen molar-refractivity contribution in [3.05, 3.63) is 59.2 Å². The zero-order chi connectivity index (χ0) is 17.8. The van der Waals surface area contributed by atoms with Gasteiger partial charge in [-0.1, -0.05) is 30.3 Å². The normalized spacial score (nSPS) is 15.3. The van der Waals surface area contributed by atoms with E-state index in [0.717, 1.165) is 31.5 Å². The van der Waals surface area contributed by atoms with Crippen LogP contribution < -0.4 is 5.73 Å². The quantitative estimate of drug-likeness (QED) is 0.747. The van der Waals surface area contributed by atoms with Crippen LogP contribution in [0.5, 0.6) is 11.5 Å². The number of carbonyl (C=O) groups is 1. The Hall–Kier alpha value is -2.53. The zero-order valence-corrected chi connectivity index (χ0v) is 14.2. The molecule has 0 unspecified atom stereocenters. The SMILES string of the molecule is NCc1cccc(C2CCN(C(=O)Cc3ccc(O)c(O)c3)CC2)c1. The number of nitrogens with two attached hydrogens (primary N) is 1. The van der Waals surface area contributed by atoms with Crippen LogP contribution in [0.3, 0.4) is 0 Å². The number of benzene rings is 2. The van der Waals surface area contributed by atoms with Gasteiger partial charge in [0.05, 0.1) is 6.42 Å². The van der Waals surface area contributed by atoms with Gasteiger partial charge in [-0.25, -0.2) is 0 Å². The van der Waals surface area contributed by atoms with Crippen LogP contribution in [0.15, 0.2) is 42.5 Å². The minimum Gasteiger partial charge on any atom is -0.504 e. The van der Waals surface area contributed by atoms with Crippen LogP contribution in [0.2, 0.25) is 0 Å². The highest BCUT2D eigenvalue weighted by Crippen LogP contribution is 2.29. The molecule has 0 atom stereocenters. The van der Waals surface area contributed by atoms with Crippen molar-refractivity contribution in [2.24, 2.45) is 5.73 Å². The second-order valence-corrected chi connectivity index (χ2v) is 6.60. The van der Waals surface area contributed by atoms with Crippen molar-refractivity contribution in [3.8, 4) is 11.5 Å². The summed E-state index contributed by atoms with van der Waals surface area (Å²) in [6.45, 7) is 2.02. The lowest BCUT2D eigenvalue weighted by Crippen LogP contribution is -2.38. The molecule has 0 spiro atoms. The van der Waals surface area contributed by atoms with Gasteiger partial charge in [-0.2, -0.15) is 0 Å². The van der Waals surface area contributed by atoms with E-state index in [9.17, 15) is 15.0 Å². The van der Waals surface area contributed by atoms with Crippen molar-refractivity contribution in [3.63, 3.8) is 0 Å². The summed E-state index contributed by atoms with van der Waals surface area (Å²) >= 11 is 0. The van der Waals surface area contributed by atoms with Gasteiger partial charge in [0.2, 0.25) is 5.91 Å². The summed E-state index contributed by atoms with van der Waals surface area (Å²) in [6.07, 6.45) is 2.13. The first-order valence-electron chi connectivity index (χ1n) is 8.64. The molecule has 1 fully saturated rings. The van der Waals surface area contributed by atoms with E-state index < -0.39 is 0 Å². The van der Waals surface area contributed by atoms with Gasteiger partial charge in [0.15, 0.2) is 11.5 Å². The van der Waals surface area contributed by atoms with Gasteiger partial charge in [-0.3, -0.25) is 4.79 Å². The van der Waals surface area contributed by atoms with E-state index >= 15 is 0 Å². The molecule has 5 heteroatoms. The molecule has 1 aliphatic heterocycles. The maximum absolute atomic E-state index is 12.5. The molecule has 0 radical (unpaired) electrons. The van der Waals surface area contributed by atoms with E-state index in [1.54, 1.807) is 6.07 Å².